The molecule has 31 heavy (non-hydrogen) atoms. The van der Waals surface area contributed by atoms with Gasteiger partial charge in [0.15, 0.2) is 0 Å². The Bertz CT molecular complexity index is 1140. The molecule has 0 saturated heterocycles. The van der Waals surface area contributed by atoms with Gasteiger partial charge in [-0.3, -0.25) is 9.59 Å². The Kier molecular flexibility index (Phi) is 5.36. The molecular formula is C26H26N2O2S. The zero-order valence-electron chi connectivity index (χ0n) is 17.7. The lowest BCUT2D eigenvalue weighted by atomic mass is 9.89. The largest absolute Gasteiger partial charge is 0.340 e. The second-order valence-electron chi connectivity index (χ2n) is 8.42. The van der Waals surface area contributed by atoms with E-state index < -0.39 is 0 Å². The number of aryl methyl sites for hydroxylation is 2. The van der Waals surface area contributed by atoms with Crippen molar-refractivity contribution in [3.05, 3.63) is 86.6 Å². The fourth-order valence-corrected chi connectivity index (χ4v) is 5.59. The molecule has 1 aromatic heterocycles. The number of carbonyl (C=O) groups is 2. The van der Waals surface area contributed by atoms with Crippen LogP contribution in [0.3, 0.4) is 0 Å². The minimum absolute atomic E-state index is 0.0427. The van der Waals surface area contributed by atoms with E-state index in [1.807, 2.05) is 24.3 Å². The Balaban J connectivity index is 1.43. The van der Waals surface area contributed by atoms with Gasteiger partial charge in [-0.05, 0) is 84.0 Å². The van der Waals surface area contributed by atoms with E-state index in [0.29, 0.717) is 12.1 Å². The topological polar surface area (TPSA) is 49.4 Å². The minimum Gasteiger partial charge on any atom is -0.340 e. The molecule has 2 heterocycles. The van der Waals surface area contributed by atoms with Gasteiger partial charge in [0.25, 0.3) is 5.91 Å². The van der Waals surface area contributed by atoms with Crippen molar-refractivity contribution in [2.45, 2.75) is 45.1 Å². The van der Waals surface area contributed by atoms with Crippen LogP contribution in [0.25, 0.3) is 0 Å². The van der Waals surface area contributed by atoms with Gasteiger partial charge in [-0.1, -0.05) is 24.3 Å². The van der Waals surface area contributed by atoms with Gasteiger partial charge in [0.1, 0.15) is 0 Å². The lowest BCUT2D eigenvalue weighted by Crippen LogP contribution is -2.29. The number of amides is 2. The fraction of sp³-hybridized carbons (Fsp3) is 0.308. The number of nitrogens with zero attached hydrogens (tertiary/aromatic N) is 1. The van der Waals surface area contributed by atoms with Crippen LogP contribution < -0.4 is 10.2 Å². The molecule has 0 spiro atoms. The molecule has 2 aromatic carbocycles. The molecule has 5 rings (SSSR count). The number of rotatable bonds is 4. The predicted molar refractivity (Wildman–Crippen MR) is 125 cm³/mol. The van der Waals surface area contributed by atoms with E-state index in [4.69, 9.17) is 0 Å². The Morgan fingerprint density at radius 3 is 2.58 bits per heavy atom. The Hall–Kier alpha value is -2.92. The summed E-state index contributed by atoms with van der Waals surface area (Å²) in [6.45, 7) is 2.27. The normalized spacial score (nSPS) is 15.8. The Labute approximate surface area is 186 Å². The van der Waals surface area contributed by atoms with Gasteiger partial charge in [-0.15, -0.1) is 11.3 Å². The van der Waals surface area contributed by atoms with E-state index >= 15 is 0 Å². The molecule has 2 amide bonds. The third-order valence-electron chi connectivity index (χ3n) is 6.43. The van der Waals surface area contributed by atoms with Crippen molar-refractivity contribution in [2.75, 3.05) is 11.4 Å². The third kappa shape index (κ3) is 3.90. The molecule has 3 aromatic rings. The highest BCUT2D eigenvalue weighted by Crippen LogP contribution is 2.32. The quantitative estimate of drug-likeness (QED) is 0.629. The van der Waals surface area contributed by atoms with Gasteiger partial charge in [-0.2, -0.15) is 0 Å². The zero-order valence-corrected chi connectivity index (χ0v) is 18.5. The molecule has 0 fully saturated rings. The number of nitrogens with one attached hydrogen (secondary N) is 1. The van der Waals surface area contributed by atoms with Crippen LogP contribution in [0, 0.1) is 0 Å². The number of anilines is 1. The summed E-state index contributed by atoms with van der Waals surface area (Å²) in [5.74, 6) is -0.0404. The average molecular weight is 431 g/mol. The third-order valence-corrected chi connectivity index (χ3v) is 7.36. The van der Waals surface area contributed by atoms with Crippen molar-refractivity contribution in [3.8, 4) is 0 Å². The smallest absolute Gasteiger partial charge is 0.252 e. The van der Waals surface area contributed by atoms with E-state index in [2.05, 4.69) is 35.0 Å². The standard InChI is InChI=1S/C26H26N2O2S/c1-17(29)28-13-12-20-16-22(10-11-23(20)28)26(30)27-25(24-7-4-14-31-24)21-9-8-18-5-2-3-6-19(18)15-21/h4,7-11,14-16,25H,2-3,5-6,12-13H2,1H3,(H,27,30). The number of hydrogen-bond donors (Lipinski definition) is 1. The number of hydrogen-bond acceptors (Lipinski definition) is 3. The van der Waals surface area contributed by atoms with Crippen LogP contribution in [0.1, 0.15) is 63.3 Å². The van der Waals surface area contributed by atoms with Crippen LogP contribution in [0.4, 0.5) is 5.69 Å². The number of benzene rings is 2. The molecular weight excluding hydrogens is 404 g/mol. The molecule has 1 aliphatic carbocycles. The van der Waals surface area contributed by atoms with Crippen LogP contribution >= 0.6 is 11.3 Å². The van der Waals surface area contributed by atoms with E-state index in [-0.39, 0.29) is 17.9 Å². The number of carbonyl (C=O) groups excluding carboxylic acids is 2. The fourth-order valence-electron chi connectivity index (χ4n) is 4.79. The van der Waals surface area contributed by atoms with Crippen LogP contribution in [-0.4, -0.2) is 18.4 Å². The maximum absolute atomic E-state index is 13.2. The first kappa shape index (κ1) is 20.0. The highest BCUT2D eigenvalue weighted by atomic mass is 32.1. The van der Waals surface area contributed by atoms with Gasteiger partial charge < -0.3 is 10.2 Å². The Morgan fingerprint density at radius 2 is 1.81 bits per heavy atom. The van der Waals surface area contributed by atoms with E-state index in [0.717, 1.165) is 41.0 Å². The first-order chi connectivity index (χ1) is 15.1. The van der Waals surface area contributed by atoms with E-state index in [1.54, 1.807) is 23.2 Å². The van der Waals surface area contributed by atoms with Crippen molar-refractivity contribution in [1.82, 2.24) is 5.32 Å². The van der Waals surface area contributed by atoms with Crippen molar-refractivity contribution < 1.29 is 9.59 Å². The lowest BCUT2D eigenvalue weighted by Gasteiger charge is -2.22. The molecule has 1 atom stereocenters. The summed E-state index contributed by atoms with van der Waals surface area (Å²) < 4.78 is 0. The summed E-state index contributed by atoms with van der Waals surface area (Å²) >= 11 is 1.67. The van der Waals surface area contributed by atoms with Gasteiger partial charge in [-0.25, -0.2) is 0 Å². The minimum atomic E-state index is -0.165. The predicted octanol–water partition coefficient (Wildman–Crippen LogP) is 5.06. The summed E-state index contributed by atoms with van der Waals surface area (Å²) in [5.41, 5.74) is 6.63. The number of fused-ring (bicyclic) bond motifs is 2. The molecule has 0 radical (unpaired) electrons. The second kappa shape index (κ2) is 8.31. The van der Waals surface area contributed by atoms with E-state index in [1.165, 1.54) is 24.0 Å². The molecule has 0 saturated carbocycles. The molecule has 1 unspecified atom stereocenters. The van der Waals surface area contributed by atoms with Crippen molar-refractivity contribution >= 4 is 28.8 Å². The maximum atomic E-state index is 13.2. The summed E-state index contributed by atoms with van der Waals surface area (Å²) in [6, 6.07) is 16.3. The van der Waals surface area contributed by atoms with Crippen molar-refractivity contribution in [3.63, 3.8) is 0 Å². The number of thiophene rings is 1. The molecule has 2 aliphatic rings. The van der Waals surface area contributed by atoms with Gasteiger partial charge in [0, 0.05) is 29.6 Å². The highest BCUT2D eigenvalue weighted by molar-refractivity contribution is 7.10. The van der Waals surface area contributed by atoms with Crippen molar-refractivity contribution in [2.24, 2.45) is 0 Å². The Morgan fingerprint density at radius 1 is 0.968 bits per heavy atom. The summed E-state index contributed by atoms with van der Waals surface area (Å²) in [7, 11) is 0. The van der Waals surface area contributed by atoms with Gasteiger partial charge in [0.2, 0.25) is 5.91 Å². The van der Waals surface area contributed by atoms with Gasteiger partial charge in [0.05, 0.1) is 6.04 Å². The SMILES string of the molecule is CC(=O)N1CCc2cc(C(=O)NC(c3ccc4c(c3)CCCC4)c3cccs3)ccc21. The molecule has 0 bridgehead atoms. The van der Waals surface area contributed by atoms with Crippen LogP contribution in [0.5, 0.6) is 0 Å². The highest BCUT2D eigenvalue weighted by Gasteiger charge is 2.25. The average Bonchev–Trinajstić information content (AvgIpc) is 3.46. The van der Waals surface area contributed by atoms with Crippen LogP contribution in [-0.2, 0) is 24.1 Å². The molecule has 4 nitrogen and oxygen atoms in total. The van der Waals surface area contributed by atoms with Crippen LogP contribution in [0.2, 0.25) is 0 Å². The van der Waals surface area contributed by atoms with Gasteiger partial charge >= 0.3 is 0 Å². The lowest BCUT2D eigenvalue weighted by molar-refractivity contribution is -0.116. The molecule has 1 aliphatic heterocycles. The first-order valence-electron chi connectivity index (χ1n) is 11.0. The van der Waals surface area contributed by atoms with Crippen molar-refractivity contribution in [1.29, 1.82) is 0 Å². The molecule has 5 heteroatoms. The van der Waals surface area contributed by atoms with Crippen LogP contribution in [0.15, 0.2) is 53.9 Å². The summed E-state index contributed by atoms with van der Waals surface area (Å²) in [6.07, 6.45) is 5.55. The summed E-state index contributed by atoms with van der Waals surface area (Å²) in [5, 5.41) is 5.33. The monoisotopic (exact) mass is 430 g/mol. The molecule has 1 N–H and O–H groups in total. The second-order valence-corrected chi connectivity index (χ2v) is 9.40. The maximum Gasteiger partial charge on any atom is 0.252 e. The first-order valence-corrected chi connectivity index (χ1v) is 11.8. The summed E-state index contributed by atoms with van der Waals surface area (Å²) in [4.78, 5) is 28.0. The molecule has 158 valence electrons. The zero-order chi connectivity index (χ0) is 21.4. The van der Waals surface area contributed by atoms with E-state index in [9.17, 15) is 9.59 Å².